The van der Waals surface area contributed by atoms with Gasteiger partial charge in [-0.25, -0.2) is 22.2 Å². The first-order chi connectivity index (χ1) is 21.5. The van der Waals surface area contributed by atoms with Crippen molar-refractivity contribution in [2.45, 2.75) is 49.3 Å². The smallest absolute Gasteiger partial charge is 0.276 e. The number of piperazine rings is 1. The lowest BCUT2D eigenvalue weighted by atomic mass is 9.76. The van der Waals surface area contributed by atoms with Crippen LogP contribution in [0.15, 0.2) is 41.3 Å². The zero-order valence-corrected chi connectivity index (χ0v) is 26.7. The fraction of sp³-hybridized carbons (Fsp3) is 0.581. The van der Waals surface area contributed by atoms with Gasteiger partial charge < -0.3 is 20.4 Å². The van der Waals surface area contributed by atoms with E-state index in [1.54, 1.807) is 26.8 Å². The van der Waals surface area contributed by atoms with Gasteiger partial charge in [-0.1, -0.05) is 11.6 Å². The van der Waals surface area contributed by atoms with E-state index < -0.39 is 21.9 Å². The summed E-state index contributed by atoms with van der Waals surface area (Å²) in [5.41, 5.74) is 6.12. The molecule has 2 N–H and O–H groups in total. The molecule has 1 aromatic carbocycles. The van der Waals surface area contributed by atoms with Gasteiger partial charge in [-0.05, 0) is 75.0 Å². The number of benzene rings is 1. The molecule has 45 heavy (non-hydrogen) atoms. The summed E-state index contributed by atoms with van der Waals surface area (Å²) in [6.45, 7) is 3.28. The first-order valence-electron chi connectivity index (χ1n) is 15.7. The Morgan fingerprint density at radius 1 is 1.00 bits per heavy atom. The number of pyridine rings is 1. The van der Waals surface area contributed by atoms with Crippen LogP contribution in [0.3, 0.4) is 0 Å². The molecule has 4 aliphatic rings. The van der Waals surface area contributed by atoms with Gasteiger partial charge in [-0.15, -0.1) is 0 Å². The van der Waals surface area contributed by atoms with E-state index >= 15 is 8.78 Å². The number of anilines is 2. The van der Waals surface area contributed by atoms with Gasteiger partial charge in [-0.2, -0.15) is 4.31 Å². The van der Waals surface area contributed by atoms with Crippen molar-refractivity contribution in [3.8, 4) is 0 Å². The highest BCUT2D eigenvalue weighted by molar-refractivity contribution is 7.89. The van der Waals surface area contributed by atoms with E-state index in [0.717, 1.165) is 6.42 Å². The van der Waals surface area contributed by atoms with Gasteiger partial charge in [0.2, 0.25) is 21.8 Å². The number of hydrogen-bond donors (Lipinski definition) is 1. The van der Waals surface area contributed by atoms with Crippen molar-refractivity contribution in [1.82, 2.24) is 14.2 Å². The molecule has 244 valence electrons. The maximum atomic E-state index is 15.9. The molecular weight excluding hydrogens is 626 g/mol. The minimum absolute atomic E-state index is 0.0281. The van der Waals surface area contributed by atoms with Crippen LogP contribution in [-0.4, -0.2) is 86.8 Å². The molecule has 3 aliphatic heterocycles. The van der Waals surface area contributed by atoms with Gasteiger partial charge in [-0.3, -0.25) is 9.59 Å². The lowest BCUT2D eigenvalue weighted by Gasteiger charge is -2.42. The average molecular weight is 665 g/mol. The van der Waals surface area contributed by atoms with Gasteiger partial charge in [0.15, 0.2) is 0 Å². The predicted octanol–water partition coefficient (Wildman–Crippen LogP) is 3.69. The number of amides is 2. The molecule has 1 aromatic heterocycles. The zero-order chi connectivity index (χ0) is 31.9. The quantitative estimate of drug-likeness (QED) is 0.428. The maximum Gasteiger partial charge on any atom is 0.276 e. The Morgan fingerprint density at radius 2 is 1.67 bits per heavy atom. The molecule has 0 spiro atoms. The van der Waals surface area contributed by atoms with Gasteiger partial charge in [0, 0.05) is 81.2 Å². The molecule has 4 heterocycles. The van der Waals surface area contributed by atoms with Crippen molar-refractivity contribution in [2.24, 2.45) is 23.5 Å². The highest BCUT2D eigenvalue weighted by Crippen LogP contribution is 2.46. The first-order valence-corrected chi connectivity index (χ1v) is 17.5. The second-order valence-electron chi connectivity index (χ2n) is 12.6. The number of nitrogens with zero attached hydrogens (tertiary/aromatic N) is 5. The lowest BCUT2D eigenvalue weighted by Crippen LogP contribution is -2.54. The fourth-order valence-corrected chi connectivity index (χ4v) is 8.59. The minimum Gasteiger partial charge on any atom is -0.354 e. The Hall–Kier alpha value is -2.87. The average Bonchev–Trinajstić information content (AvgIpc) is 3.46. The number of aromatic nitrogens is 1. The van der Waals surface area contributed by atoms with Crippen molar-refractivity contribution in [3.63, 3.8) is 0 Å². The molecule has 2 amide bonds. The monoisotopic (exact) mass is 664 g/mol. The summed E-state index contributed by atoms with van der Waals surface area (Å²) in [5.74, 6) is -3.62. The third kappa shape index (κ3) is 6.41. The minimum atomic E-state index is -3.79. The summed E-state index contributed by atoms with van der Waals surface area (Å²) < 4.78 is 59.8. The van der Waals surface area contributed by atoms with E-state index in [2.05, 4.69) is 4.98 Å². The summed E-state index contributed by atoms with van der Waals surface area (Å²) >= 11 is 6.25. The summed E-state index contributed by atoms with van der Waals surface area (Å²) in [5, 5.41) is -0.0510. The van der Waals surface area contributed by atoms with Crippen LogP contribution >= 0.6 is 11.6 Å². The van der Waals surface area contributed by atoms with Crippen LogP contribution in [0.25, 0.3) is 0 Å². The highest BCUT2D eigenvalue weighted by atomic mass is 35.5. The van der Waals surface area contributed by atoms with Crippen molar-refractivity contribution < 1.29 is 26.8 Å². The van der Waals surface area contributed by atoms with E-state index in [4.69, 9.17) is 17.3 Å². The van der Waals surface area contributed by atoms with Crippen LogP contribution in [0.1, 0.15) is 44.1 Å². The molecule has 0 radical (unpaired) electrons. The second-order valence-corrected chi connectivity index (χ2v) is 14.9. The molecule has 14 heteroatoms. The van der Waals surface area contributed by atoms with Crippen LogP contribution in [0, 0.1) is 17.8 Å². The number of halogens is 3. The summed E-state index contributed by atoms with van der Waals surface area (Å²) in [4.78, 5) is 34.5. The van der Waals surface area contributed by atoms with Crippen LogP contribution in [0.4, 0.5) is 20.3 Å². The number of carbonyl (C=O) groups excluding carboxylic acids is 2. The topological polar surface area (TPSA) is 120 Å². The molecule has 3 saturated heterocycles. The standard InChI is InChI=1S/C31H39ClF2N6O4S/c32-27-16-24(31(33,34)23-5-3-22(4-6-23)30(42)38-19-21(18-35)20-38)17-28(36-27)37-12-14-39(15-13-37)45(43,44)26-9-7-25(8-10-26)40-11-1-2-29(40)41/h7-10,16-17,21-23H,1-6,11-15,18-20,35H2/t22-,23-. The maximum absolute atomic E-state index is 15.9. The SMILES string of the molecule is NCC1CN(C(=O)[C@H]2CC[C@H](C(F)(F)c3cc(Cl)nc(N4CCN(S(=O)(=O)c5ccc(N6CCCC6=O)cc5)CC4)c3)CC2)C1. The van der Waals surface area contributed by atoms with E-state index in [9.17, 15) is 18.0 Å². The normalized spacial score (nSPS) is 23.8. The van der Waals surface area contributed by atoms with E-state index in [1.165, 1.54) is 28.6 Å². The Bertz CT molecular complexity index is 1520. The predicted molar refractivity (Wildman–Crippen MR) is 167 cm³/mol. The molecule has 2 aromatic rings. The van der Waals surface area contributed by atoms with Crippen LogP contribution < -0.4 is 15.5 Å². The van der Waals surface area contributed by atoms with Crippen LogP contribution in [-0.2, 0) is 25.5 Å². The summed E-state index contributed by atoms with van der Waals surface area (Å²) in [7, 11) is -3.79. The molecule has 1 aliphatic carbocycles. The van der Waals surface area contributed by atoms with Gasteiger partial charge >= 0.3 is 0 Å². The Balaban J connectivity index is 1.07. The van der Waals surface area contributed by atoms with Crippen molar-refractivity contribution in [3.05, 3.63) is 47.1 Å². The highest BCUT2D eigenvalue weighted by Gasteiger charge is 2.45. The van der Waals surface area contributed by atoms with Gasteiger partial charge in [0.05, 0.1) is 4.90 Å². The fourth-order valence-electron chi connectivity index (χ4n) is 6.96. The third-order valence-corrected chi connectivity index (χ3v) is 11.9. The van der Waals surface area contributed by atoms with Gasteiger partial charge in [0.1, 0.15) is 11.0 Å². The molecule has 6 rings (SSSR count). The Morgan fingerprint density at radius 3 is 2.27 bits per heavy atom. The molecule has 0 unspecified atom stereocenters. The first kappa shape index (κ1) is 32.1. The zero-order valence-electron chi connectivity index (χ0n) is 25.1. The van der Waals surface area contributed by atoms with Gasteiger partial charge in [0.25, 0.3) is 5.92 Å². The van der Waals surface area contributed by atoms with E-state index in [1.807, 2.05) is 0 Å². The second kappa shape index (κ2) is 12.7. The number of nitrogens with two attached hydrogens (primary N) is 1. The van der Waals surface area contributed by atoms with E-state index in [-0.39, 0.29) is 78.2 Å². The summed E-state index contributed by atoms with van der Waals surface area (Å²) in [6.07, 6.45) is 2.58. The van der Waals surface area contributed by atoms with E-state index in [0.29, 0.717) is 57.0 Å². The number of sulfonamides is 1. The molecule has 10 nitrogen and oxygen atoms in total. The number of hydrogen-bond acceptors (Lipinski definition) is 7. The largest absolute Gasteiger partial charge is 0.354 e. The lowest BCUT2D eigenvalue weighted by molar-refractivity contribution is -0.145. The third-order valence-electron chi connectivity index (χ3n) is 9.78. The van der Waals surface area contributed by atoms with Crippen molar-refractivity contribution >= 4 is 44.9 Å². The molecule has 0 atom stereocenters. The van der Waals surface area contributed by atoms with Crippen molar-refractivity contribution in [1.29, 1.82) is 0 Å². The number of carbonyl (C=O) groups is 2. The Kier molecular flexibility index (Phi) is 9.08. The molecule has 4 fully saturated rings. The number of likely N-dealkylation sites (tertiary alicyclic amines) is 1. The van der Waals surface area contributed by atoms with Crippen LogP contribution in [0.2, 0.25) is 5.15 Å². The number of rotatable bonds is 8. The molecule has 1 saturated carbocycles. The van der Waals surface area contributed by atoms with Crippen molar-refractivity contribution in [2.75, 3.05) is 62.2 Å². The summed E-state index contributed by atoms with van der Waals surface area (Å²) in [6, 6.07) is 8.90. The molecular formula is C31H39ClF2N6O4S. The number of alkyl halides is 2. The molecule has 0 bridgehead atoms. The van der Waals surface area contributed by atoms with Crippen LogP contribution in [0.5, 0.6) is 0 Å². The Labute approximate surface area is 267 Å².